The van der Waals surface area contributed by atoms with E-state index in [9.17, 15) is 4.79 Å². The average molecular weight is 255 g/mol. The molecule has 0 aromatic heterocycles. The Morgan fingerprint density at radius 1 is 1.39 bits per heavy atom. The summed E-state index contributed by atoms with van der Waals surface area (Å²) in [5, 5.41) is 0. The number of rotatable bonds is 3. The molecule has 5 nitrogen and oxygen atoms in total. The van der Waals surface area contributed by atoms with Crippen LogP contribution in [0, 0.1) is 0 Å². The fraction of sp³-hybridized carbons (Fsp3) is 0.923. The second-order valence-electron chi connectivity index (χ2n) is 5.61. The molecule has 0 aromatic rings. The summed E-state index contributed by atoms with van der Waals surface area (Å²) in [6.07, 6.45) is 2.51. The molecule has 2 atom stereocenters. The van der Waals surface area contributed by atoms with Crippen LogP contribution >= 0.6 is 0 Å². The van der Waals surface area contributed by atoms with Crippen molar-refractivity contribution in [1.82, 2.24) is 9.80 Å². The molecule has 5 heteroatoms. The second-order valence-corrected chi connectivity index (χ2v) is 5.61. The summed E-state index contributed by atoms with van der Waals surface area (Å²) in [4.78, 5) is 16.7. The maximum absolute atomic E-state index is 11.9. The summed E-state index contributed by atoms with van der Waals surface area (Å²) in [6.45, 7) is 6.62. The van der Waals surface area contributed by atoms with Crippen molar-refractivity contribution >= 4 is 5.97 Å². The van der Waals surface area contributed by atoms with E-state index in [4.69, 9.17) is 10.5 Å². The molecule has 18 heavy (non-hydrogen) atoms. The summed E-state index contributed by atoms with van der Waals surface area (Å²) in [6, 6.07) is 0.452. The van der Waals surface area contributed by atoms with Crippen LogP contribution in [-0.2, 0) is 9.53 Å². The molecule has 2 N–H and O–H groups in total. The highest BCUT2D eigenvalue weighted by Gasteiger charge is 2.45. The van der Waals surface area contributed by atoms with E-state index >= 15 is 0 Å². The molecule has 1 aliphatic carbocycles. The van der Waals surface area contributed by atoms with Crippen molar-refractivity contribution in [3.05, 3.63) is 0 Å². The minimum Gasteiger partial charge on any atom is -0.465 e. The lowest BCUT2D eigenvalue weighted by molar-refractivity contribution is -0.149. The van der Waals surface area contributed by atoms with Crippen molar-refractivity contribution in [2.45, 2.75) is 37.8 Å². The molecule has 0 spiro atoms. The number of hydrogen-bond acceptors (Lipinski definition) is 5. The highest BCUT2D eigenvalue weighted by Crippen LogP contribution is 2.32. The summed E-state index contributed by atoms with van der Waals surface area (Å²) in [5.41, 5.74) is 5.46. The lowest BCUT2D eigenvalue weighted by Crippen LogP contribution is -2.51. The van der Waals surface area contributed by atoms with Gasteiger partial charge in [0.15, 0.2) is 0 Å². The Morgan fingerprint density at radius 3 is 2.67 bits per heavy atom. The van der Waals surface area contributed by atoms with Crippen molar-refractivity contribution in [3.63, 3.8) is 0 Å². The standard InChI is InChI=1S/C13H25N3O2/c1-3-18-12(17)13(14)5-4-11(10-13)16-8-6-15(2)7-9-16/h11H,3-10,14H2,1-2H3. The normalized spacial score (nSPS) is 34.7. The zero-order chi connectivity index (χ0) is 13.2. The van der Waals surface area contributed by atoms with Crippen LogP contribution in [0.2, 0.25) is 0 Å². The number of carbonyl (C=O) groups is 1. The molecule has 1 heterocycles. The monoisotopic (exact) mass is 255 g/mol. The van der Waals surface area contributed by atoms with Gasteiger partial charge >= 0.3 is 5.97 Å². The SMILES string of the molecule is CCOC(=O)C1(N)CCC(N2CCN(C)CC2)C1. The maximum Gasteiger partial charge on any atom is 0.326 e. The molecule has 0 aromatic carbocycles. The van der Waals surface area contributed by atoms with E-state index in [2.05, 4.69) is 16.8 Å². The molecular weight excluding hydrogens is 230 g/mol. The molecule has 2 aliphatic rings. The fourth-order valence-corrected chi connectivity index (χ4v) is 3.01. The zero-order valence-electron chi connectivity index (χ0n) is 11.5. The Hall–Kier alpha value is -0.650. The van der Waals surface area contributed by atoms with Gasteiger partial charge in [-0.05, 0) is 33.2 Å². The third-order valence-corrected chi connectivity index (χ3v) is 4.26. The van der Waals surface area contributed by atoms with E-state index < -0.39 is 5.54 Å². The first-order valence-electron chi connectivity index (χ1n) is 6.94. The Morgan fingerprint density at radius 2 is 2.06 bits per heavy atom. The van der Waals surface area contributed by atoms with Crippen LogP contribution < -0.4 is 5.73 Å². The minimum absolute atomic E-state index is 0.221. The molecule has 2 fully saturated rings. The first-order chi connectivity index (χ1) is 8.55. The average Bonchev–Trinajstić information content (AvgIpc) is 2.75. The summed E-state index contributed by atoms with van der Waals surface area (Å²) < 4.78 is 5.09. The van der Waals surface area contributed by atoms with Crippen LogP contribution in [0.5, 0.6) is 0 Å². The first kappa shape index (κ1) is 13.8. The van der Waals surface area contributed by atoms with Gasteiger partial charge in [0.1, 0.15) is 5.54 Å². The van der Waals surface area contributed by atoms with E-state index in [0.717, 1.165) is 45.4 Å². The Bertz CT molecular complexity index is 303. The predicted molar refractivity (Wildman–Crippen MR) is 70.3 cm³/mol. The number of hydrogen-bond donors (Lipinski definition) is 1. The Kier molecular flexibility index (Phi) is 4.25. The van der Waals surface area contributed by atoms with E-state index in [1.54, 1.807) is 0 Å². The number of nitrogens with two attached hydrogens (primary N) is 1. The van der Waals surface area contributed by atoms with Gasteiger partial charge in [0.2, 0.25) is 0 Å². The molecule has 1 saturated heterocycles. The van der Waals surface area contributed by atoms with Crippen molar-refractivity contribution in [1.29, 1.82) is 0 Å². The maximum atomic E-state index is 11.9. The molecule has 0 radical (unpaired) electrons. The number of esters is 1. The van der Waals surface area contributed by atoms with E-state index in [1.807, 2.05) is 6.92 Å². The lowest BCUT2D eigenvalue weighted by atomic mass is 9.99. The number of likely N-dealkylation sites (N-methyl/N-ethyl adjacent to an activating group) is 1. The van der Waals surface area contributed by atoms with Crippen LogP contribution in [0.4, 0.5) is 0 Å². The topological polar surface area (TPSA) is 58.8 Å². The van der Waals surface area contributed by atoms with Crippen LogP contribution in [0.25, 0.3) is 0 Å². The van der Waals surface area contributed by atoms with Gasteiger partial charge in [0.25, 0.3) is 0 Å². The molecule has 0 amide bonds. The number of carbonyl (C=O) groups excluding carboxylic acids is 1. The summed E-state index contributed by atoms with van der Waals surface area (Å²) >= 11 is 0. The van der Waals surface area contributed by atoms with Gasteiger partial charge in [-0.1, -0.05) is 0 Å². The quantitative estimate of drug-likeness (QED) is 0.722. The lowest BCUT2D eigenvalue weighted by Gasteiger charge is -2.36. The Labute approximate surface area is 109 Å². The molecule has 104 valence electrons. The molecule has 1 aliphatic heterocycles. The molecule has 2 unspecified atom stereocenters. The molecule has 0 bridgehead atoms. The molecular formula is C13H25N3O2. The largest absolute Gasteiger partial charge is 0.465 e. The van der Waals surface area contributed by atoms with Gasteiger partial charge in [0, 0.05) is 32.2 Å². The second kappa shape index (κ2) is 5.55. The first-order valence-corrected chi connectivity index (χ1v) is 6.94. The molecule has 2 rings (SSSR count). The minimum atomic E-state index is -0.746. The van der Waals surface area contributed by atoms with Gasteiger partial charge in [-0.3, -0.25) is 9.69 Å². The fourth-order valence-electron chi connectivity index (χ4n) is 3.01. The molecule has 1 saturated carbocycles. The van der Waals surface area contributed by atoms with Crippen molar-refractivity contribution in [3.8, 4) is 0 Å². The predicted octanol–water partition coefficient (Wildman–Crippen LogP) is 0.0469. The van der Waals surface area contributed by atoms with E-state index in [0.29, 0.717) is 12.6 Å². The summed E-state index contributed by atoms with van der Waals surface area (Å²) in [7, 11) is 2.15. The summed E-state index contributed by atoms with van der Waals surface area (Å²) in [5.74, 6) is -0.221. The number of ether oxygens (including phenoxy) is 1. The van der Waals surface area contributed by atoms with Crippen LogP contribution in [0.1, 0.15) is 26.2 Å². The highest BCUT2D eigenvalue weighted by molar-refractivity contribution is 5.81. The van der Waals surface area contributed by atoms with Gasteiger partial charge in [0.05, 0.1) is 6.61 Å². The van der Waals surface area contributed by atoms with Crippen molar-refractivity contribution < 1.29 is 9.53 Å². The number of piperazine rings is 1. The van der Waals surface area contributed by atoms with Crippen LogP contribution in [-0.4, -0.2) is 67.2 Å². The third-order valence-electron chi connectivity index (χ3n) is 4.26. The smallest absolute Gasteiger partial charge is 0.326 e. The van der Waals surface area contributed by atoms with Crippen LogP contribution in [0.3, 0.4) is 0 Å². The highest BCUT2D eigenvalue weighted by atomic mass is 16.5. The van der Waals surface area contributed by atoms with Crippen molar-refractivity contribution in [2.24, 2.45) is 5.73 Å². The van der Waals surface area contributed by atoms with Gasteiger partial charge in [-0.2, -0.15) is 0 Å². The van der Waals surface area contributed by atoms with Gasteiger partial charge in [-0.25, -0.2) is 0 Å². The van der Waals surface area contributed by atoms with Gasteiger partial charge in [-0.15, -0.1) is 0 Å². The third kappa shape index (κ3) is 2.84. The number of nitrogens with zero attached hydrogens (tertiary/aromatic N) is 2. The van der Waals surface area contributed by atoms with Crippen molar-refractivity contribution in [2.75, 3.05) is 39.8 Å². The van der Waals surface area contributed by atoms with Crippen LogP contribution in [0.15, 0.2) is 0 Å². The van der Waals surface area contributed by atoms with E-state index in [1.165, 1.54) is 0 Å². The van der Waals surface area contributed by atoms with Gasteiger partial charge < -0.3 is 15.4 Å². The Balaban J connectivity index is 1.89. The van der Waals surface area contributed by atoms with E-state index in [-0.39, 0.29) is 5.97 Å². The zero-order valence-corrected chi connectivity index (χ0v) is 11.5.